The van der Waals surface area contributed by atoms with E-state index in [0.717, 1.165) is 16.9 Å². The van der Waals surface area contributed by atoms with Crippen molar-refractivity contribution < 1.29 is 9.18 Å². The summed E-state index contributed by atoms with van der Waals surface area (Å²) in [5.74, 6) is -0.468. The number of aryl methyl sites for hydroxylation is 3. The Kier molecular flexibility index (Phi) is 5.86. The van der Waals surface area contributed by atoms with E-state index in [1.807, 2.05) is 39.3 Å². The molecule has 0 fully saturated rings. The van der Waals surface area contributed by atoms with Gasteiger partial charge in [0.2, 0.25) is 0 Å². The van der Waals surface area contributed by atoms with E-state index >= 15 is 0 Å². The fourth-order valence-electron chi connectivity index (χ4n) is 3.62. The van der Waals surface area contributed by atoms with Crippen LogP contribution in [0.1, 0.15) is 48.1 Å². The Bertz CT molecular complexity index is 1110. The van der Waals surface area contributed by atoms with Crippen LogP contribution >= 0.6 is 0 Å². The molecule has 154 valence electrons. The van der Waals surface area contributed by atoms with Crippen molar-refractivity contribution in [1.82, 2.24) is 19.1 Å². The quantitative estimate of drug-likeness (QED) is 0.640. The highest BCUT2D eigenvalue weighted by molar-refractivity contribution is 5.94. The maximum absolute atomic E-state index is 13.6. The lowest BCUT2D eigenvalue weighted by molar-refractivity contribution is 0.0719. The van der Waals surface area contributed by atoms with Gasteiger partial charge in [0.1, 0.15) is 11.5 Å². The van der Waals surface area contributed by atoms with Crippen LogP contribution in [0.2, 0.25) is 0 Å². The van der Waals surface area contributed by atoms with Crippen molar-refractivity contribution in [1.29, 1.82) is 0 Å². The third-order valence-electron chi connectivity index (χ3n) is 5.07. The van der Waals surface area contributed by atoms with E-state index in [1.54, 1.807) is 17.0 Å². The van der Waals surface area contributed by atoms with E-state index in [0.29, 0.717) is 24.2 Å². The van der Waals surface area contributed by atoms with Crippen LogP contribution < -0.4 is 5.56 Å². The zero-order valence-electron chi connectivity index (χ0n) is 17.6. The summed E-state index contributed by atoms with van der Waals surface area (Å²) in [4.78, 5) is 27.2. The van der Waals surface area contributed by atoms with E-state index in [4.69, 9.17) is 0 Å². The Morgan fingerprint density at radius 1 is 1.28 bits per heavy atom. The molecule has 0 aliphatic carbocycles. The van der Waals surface area contributed by atoms with Crippen LogP contribution in [0.4, 0.5) is 4.39 Å². The highest BCUT2D eigenvalue weighted by Crippen LogP contribution is 2.20. The molecule has 1 aromatic carbocycles. The maximum atomic E-state index is 13.6. The number of nitrogens with zero attached hydrogens (tertiary/aromatic N) is 4. The Morgan fingerprint density at radius 2 is 2.00 bits per heavy atom. The second-order valence-electron chi connectivity index (χ2n) is 7.79. The summed E-state index contributed by atoms with van der Waals surface area (Å²) in [6, 6.07) is 7.26. The van der Waals surface area contributed by atoms with E-state index in [9.17, 15) is 14.0 Å². The molecule has 2 aromatic heterocycles. The first-order valence-corrected chi connectivity index (χ1v) is 9.84. The minimum Gasteiger partial charge on any atom is -0.333 e. The summed E-state index contributed by atoms with van der Waals surface area (Å²) in [5, 5.41) is 4.54. The van der Waals surface area contributed by atoms with Gasteiger partial charge >= 0.3 is 0 Å². The van der Waals surface area contributed by atoms with Gasteiger partial charge in [-0.25, -0.2) is 4.39 Å². The van der Waals surface area contributed by atoms with Gasteiger partial charge in [-0.3, -0.25) is 9.59 Å². The molecular formula is C22H27FN4O2. The summed E-state index contributed by atoms with van der Waals surface area (Å²) in [7, 11) is 1.90. The molecule has 0 atom stereocenters. The molecular weight excluding hydrogens is 371 g/mol. The number of amides is 1. The summed E-state index contributed by atoms with van der Waals surface area (Å²) in [6.07, 6.45) is 0.680. The van der Waals surface area contributed by atoms with Gasteiger partial charge in [0.05, 0.1) is 12.2 Å². The number of rotatable bonds is 6. The monoisotopic (exact) mass is 398 g/mol. The molecule has 0 aliphatic rings. The predicted molar refractivity (Wildman–Crippen MR) is 111 cm³/mol. The van der Waals surface area contributed by atoms with E-state index in [1.165, 1.54) is 22.7 Å². The van der Waals surface area contributed by atoms with Crippen LogP contribution in [0.15, 0.2) is 35.1 Å². The van der Waals surface area contributed by atoms with Gasteiger partial charge in [-0.1, -0.05) is 26.8 Å². The second-order valence-corrected chi connectivity index (χ2v) is 7.79. The van der Waals surface area contributed by atoms with Crippen LogP contribution in [0.25, 0.3) is 5.65 Å². The number of halogens is 1. The van der Waals surface area contributed by atoms with Crippen LogP contribution in [0, 0.1) is 18.7 Å². The molecule has 29 heavy (non-hydrogen) atoms. The number of fused-ring (bicyclic) bond motifs is 1. The van der Waals surface area contributed by atoms with Gasteiger partial charge in [0.25, 0.3) is 11.5 Å². The smallest absolute Gasteiger partial charge is 0.274 e. The normalized spacial score (nSPS) is 11.4. The van der Waals surface area contributed by atoms with Gasteiger partial charge in [-0.2, -0.15) is 9.61 Å². The minimum atomic E-state index is -0.444. The summed E-state index contributed by atoms with van der Waals surface area (Å²) >= 11 is 0. The zero-order valence-corrected chi connectivity index (χ0v) is 17.6. The Labute approximate surface area is 169 Å². The first kappa shape index (κ1) is 20.8. The van der Waals surface area contributed by atoms with E-state index < -0.39 is 5.82 Å². The van der Waals surface area contributed by atoms with Gasteiger partial charge in [0.15, 0.2) is 0 Å². The first-order chi connectivity index (χ1) is 13.7. The van der Waals surface area contributed by atoms with Crippen molar-refractivity contribution in [2.75, 3.05) is 6.54 Å². The van der Waals surface area contributed by atoms with Crippen molar-refractivity contribution in [2.24, 2.45) is 13.0 Å². The lowest BCUT2D eigenvalue weighted by Gasteiger charge is -2.24. The third kappa shape index (κ3) is 4.09. The van der Waals surface area contributed by atoms with Crippen molar-refractivity contribution >= 4 is 11.6 Å². The van der Waals surface area contributed by atoms with Crippen molar-refractivity contribution in [3.63, 3.8) is 0 Å². The Hall–Kier alpha value is -2.96. The van der Waals surface area contributed by atoms with Gasteiger partial charge in [0, 0.05) is 36.5 Å². The molecule has 0 N–H and O–H groups in total. The maximum Gasteiger partial charge on any atom is 0.274 e. The lowest BCUT2D eigenvalue weighted by atomic mass is 10.1. The fourth-order valence-corrected chi connectivity index (χ4v) is 3.62. The Morgan fingerprint density at radius 3 is 2.62 bits per heavy atom. The van der Waals surface area contributed by atoms with Crippen molar-refractivity contribution in [2.45, 2.75) is 40.7 Å². The molecule has 0 radical (unpaired) electrons. The molecule has 3 aromatic rings. The molecule has 0 saturated heterocycles. The Balaban J connectivity index is 2.07. The molecule has 0 unspecified atom stereocenters. The highest BCUT2D eigenvalue weighted by atomic mass is 19.1. The highest BCUT2D eigenvalue weighted by Gasteiger charge is 2.23. The van der Waals surface area contributed by atoms with E-state index in [-0.39, 0.29) is 23.9 Å². The average Bonchev–Trinajstić information content (AvgIpc) is 3.03. The van der Waals surface area contributed by atoms with Crippen LogP contribution in [-0.4, -0.2) is 31.5 Å². The minimum absolute atomic E-state index is 0.191. The SMILES string of the molecule is CCc1c(CN(CC(C)C)C(=O)c2cccc(F)c2)nn2c(=O)cc(C)n(C)c12. The molecule has 6 nitrogen and oxygen atoms in total. The second kappa shape index (κ2) is 8.19. The summed E-state index contributed by atoms with van der Waals surface area (Å²) in [5.41, 5.74) is 3.33. The molecule has 0 spiro atoms. The number of aromatic nitrogens is 3. The molecule has 3 rings (SSSR count). The number of hydrogen-bond acceptors (Lipinski definition) is 3. The predicted octanol–water partition coefficient (Wildman–Crippen LogP) is 3.34. The van der Waals surface area contributed by atoms with Crippen molar-refractivity contribution in [3.8, 4) is 0 Å². The summed E-state index contributed by atoms with van der Waals surface area (Å²) in [6.45, 7) is 8.70. The molecule has 1 amide bonds. The van der Waals surface area contributed by atoms with Gasteiger partial charge in [-0.15, -0.1) is 0 Å². The molecule has 0 saturated carbocycles. The molecule has 0 bridgehead atoms. The topological polar surface area (TPSA) is 59.6 Å². The van der Waals surface area contributed by atoms with Crippen molar-refractivity contribution in [3.05, 3.63) is 69.0 Å². The third-order valence-corrected chi connectivity index (χ3v) is 5.07. The first-order valence-electron chi connectivity index (χ1n) is 9.84. The van der Waals surface area contributed by atoms with Crippen LogP contribution in [0.5, 0.6) is 0 Å². The fraction of sp³-hybridized carbons (Fsp3) is 0.409. The number of hydrogen-bond donors (Lipinski definition) is 0. The average molecular weight is 398 g/mol. The van der Waals surface area contributed by atoms with Crippen LogP contribution in [0.3, 0.4) is 0 Å². The van der Waals surface area contributed by atoms with E-state index in [2.05, 4.69) is 5.10 Å². The molecule has 7 heteroatoms. The zero-order chi connectivity index (χ0) is 21.3. The van der Waals surface area contributed by atoms with Gasteiger partial charge in [-0.05, 0) is 37.5 Å². The molecule has 2 heterocycles. The largest absolute Gasteiger partial charge is 0.333 e. The lowest BCUT2D eigenvalue weighted by Crippen LogP contribution is -2.34. The number of carbonyl (C=O) groups is 1. The molecule has 0 aliphatic heterocycles. The summed E-state index contributed by atoms with van der Waals surface area (Å²) < 4.78 is 17.0. The standard InChI is InChI=1S/C22H27FN4O2/c1-6-18-19(24-27-20(28)10-15(4)25(5)21(18)27)13-26(12-14(2)3)22(29)16-8-7-9-17(23)11-16/h7-11,14H,6,12-13H2,1-5H3. The van der Waals surface area contributed by atoms with Gasteiger partial charge < -0.3 is 9.47 Å². The van der Waals surface area contributed by atoms with Crippen LogP contribution in [-0.2, 0) is 20.0 Å². The number of carbonyl (C=O) groups excluding carboxylic acids is 1. The number of benzene rings is 1.